The van der Waals surface area contributed by atoms with Gasteiger partial charge in [0.25, 0.3) is 5.91 Å². The summed E-state index contributed by atoms with van der Waals surface area (Å²) in [7, 11) is 1.92. The molecule has 1 aromatic carbocycles. The molecule has 134 valence electrons. The fourth-order valence-corrected chi connectivity index (χ4v) is 2.83. The molecule has 26 heavy (non-hydrogen) atoms. The number of hydrogen-bond donors (Lipinski definition) is 1. The number of nitrogens with one attached hydrogen (secondary N) is 1. The minimum atomic E-state index is -0.349. The van der Waals surface area contributed by atoms with Crippen LogP contribution >= 0.6 is 0 Å². The Morgan fingerprint density at radius 3 is 2.31 bits per heavy atom. The highest BCUT2D eigenvalue weighted by Crippen LogP contribution is 2.26. The molecule has 1 unspecified atom stereocenters. The van der Waals surface area contributed by atoms with Crippen molar-refractivity contribution in [3.05, 3.63) is 83.7 Å². The number of rotatable bonds is 4. The summed E-state index contributed by atoms with van der Waals surface area (Å²) in [6.07, 6.45) is 5.22. The summed E-state index contributed by atoms with van der Waals surface area (Å²) < 4.78 is 1.92. The largest absolute Gasteiger partial charge is 0.337 e. The third kappa shape index (κ3) is 3.82. The molecule has 1 N–H and O–H groups in total. The smallest absolute Gasteiger partial charge is 0.270 e. The van der Waals surface area contributed by atoms with Gasteiger partial charge in [-0.05, 0) is 28.7 Å². The predicted octanol–water partition coefficient (Wildman–Crippen LogP) is 3.63. The van der Waals surface area contributed by atoms with E-state index in [4.69, 9.17) is 0 Å². The molecule has 0 saturated heterocycles. The first-order chi connectivity index (χ1) is 12.4. The maximum Gasteiger partial charge on any atom is 0.270 e. The lowest BCUT2D eigenvalue weighted by atomic mass is 9.86. The van der Waals surface area contributed by atoms with Crippen molar-refractivity contribution in [2.75, 3.05) is 0 Å². The van der Waals surface area contributed by atoms with Gasteiger partial charge in [0.15, 0.2) is 0 Å². The molecular weight excluding hydrogens is 324 g/mol. The highest BCUT2D eigenvalue weighted by molar-refractivity contribution is 5.92. The first kappa shape index (κ1) is 17.9. The second-order valence-electron chi connectivity index (χ2n) is 7.39. The van der Waals surface area contributed by atoms with Crippen LogP contribution in [0.2, 0.25) is 0 Å². The molecule has 0 fully saturated rings. The SMILES string of the molecule is Cn1ccnc1C(NC(=O)c1ccccn1)c1ccc(C(C)(C)C)cc1. The molecule has 5 heteroatoms. The molecule has 0 spiro atoms. The van der Waals surface area contributed by atoms with Crippen molar-refractivity contribution in [1.82, 2.24) is 19.9 Å². The van der Waals surface area contributed by atoms with Crippen molar-refractivity contribution < 1.29 is 4.79 Å². The molecule has 1 atom stereocenters. The minimum absolute atomic E-state index is 0.0778. The van der Waals surface area contributed by atoms with Crippen molar-refractivity contribution >= 4 is 5.91 Å². The van der Waals surface area contributed by atoms with Gasteiger partial charge in [0, 0.05) is 25.6 Å². The van der Waals surface area contributed by atoms with Crippen LogP contribution < -0.4 is 5.32 Å². The molecule has 0 saturated carbocycles. The zero-order valence-electron chi connectivity index (χ0n) is 15.6. The molecular formula is C21H24N4O. The fourth-order valence-electron chi connectivity index (χ4n) is 2.83. The summed E-state index contributed by atoms with van der Waals surface area (Å²) in [6.45, 7) is 6.54. The molecule has 2 heterocycles. The Hall–Kier alpha value is -2.95. The maximum absolute atomic E-state index is 12.7. The molecule has 2 aromatic heterocycles. The third-order valence-corrected chi connectivity index (χ3v) is 4.40. The van der Waals surface area contributed by atoms with Gasteiger partial charge in [0.2, 0.25) is 0 Å². The van der Waals surface area contributed by atoms with Gasteiger partial charge in [0.05, 0.1) is 0 Å². The van der Waals surface area contributed by atoms with Crippen LogP contribution in [0.15, 0.2) is 61.1 Å². The summed E-state index contributed by atoms with van der Waals surface area (Å²) in [6, 6.07) is 13.3. The van der Waals surface area contributed by atoms with Gasteiger partial charge in [0.1, 0.15) is 17.6 Å². The molecule has 5 nitrogen and oxygen atoms in total. The first-order valence-electron chi connectivity index (χ1n) is 8.66. The summed E-state index contributed by atoms with van der Waals surface area (Å²) in [5.74, 6) is 0.552. The van der Waals surface area contributed by atoms with Gasteiger partial charge >= 0.3 is 0 Å². The number of imidazole rings is 1. The number of nitrogens with zero attached hydrogens (tertiary/aromatic N) is 3. The molecule has 0 aliphatic rings. The van der Waals surface area contributed by atoms with Crippen molar-refractivity contribution in [2.24, 2.45) is 7.05 Å². The summed E-state index contributed by atoms with van der Waals surface area (Å²) in [4.78, 5) is 21.2. The molecule has 0 aliphatic carbocycles. The number of amides is 1. The van der Waals surface area contributed by atoms with Crippen LogP contribution in [0.25, 0.3) is 0 Å². The van der Waals surface area contributed by atoms with E-state index in [1.807, 2.05) is 17.8 Å². The lowest BCUT2D eigenvalue weighted by Crippen LogP contribution is -2.31. The lowest BCUT2D eigenvalue weighted by molar-refractivity contribution is 0.0936. The average molecular weight is 348 g/mol. The van der Waals surface area contributed by atoms with E-state index in [0.29, 0.717) is 5.69 Å². The van der Waals surface area contributed by atoms with Crippen LogP contribution in [-0.2, 0) is 12.5 Å². The Kier molecular flexibility index (Phi) is 4.89. The monoisotopic (exact) mass is 348 g/mol. The highest BCUT2D eigenvalue weighted by Gasteiger charge is 2.23. The van der Waals surface area contributed by atoms with Crippen LogP contribution in [0.5, 0.6) is 0 Å². The van der Waals surface area contributed by atoms with Crippen LogP contribution in [0.3, 0.4) is 0 Å². The van der Waals surface area contributed by atoms with E-state index < -0.39 is 0 Å². The van der Waals surface area contributed by atoms with Gasteiger partial charge in [-0.15, -0.1) is 0 Å². The molecule has 0 radical (unpaired) electrons. The Balaban J connectivity index is 1.94. The van der Waals surface area contributed by atoms with Gasteiger partial charge < -0.3 is 9.88 Å². The number of aryl methyl sites for hydroxylation is 1. The topological polar surface area (TPSA) is 59.8 Å². The predicted molar refractivity (Wildman–Crippen MR) is 102 cm³/mol. The van der Waals surface area contributed by atoms with E-state index in [9.17, 15) is 4.79 Å². The van der Waals surface area contributed by atoms with Gasteiger partial charge in [-0.1, -0.05) is 51.1 Å². The van der Waals surface area contributed by atoms with Crippen molar-refractivity contribution in [3.63, 3.8) is 0 Å². The number of carbonyl (C=O) groups excluding carboxylic acids is 1. The third-order valence-electron chi connectivity index (χ3n) is 4.40. The Bertz CT molecular complexity index is 876. The van der Waals surface area contributed by atoms with Crippen LogP contribution in [0.1, 0.15) is 54.3 Å². The molecule has 0 aliphatic heterocycles. The number of benzene rings is 1. The normalized spacial score (nSPS) is 12.6. The summed E-state index contributed by atoms with van der Waals surface area (Å²) >= 11 is 0. The van der Waals surface area contributed by atoms with E-state index in [1.54, 1.807) is 30.6 Å². The van der Waals surface area contributed by atoms with Crippen molar-refractivity contribution in [1.29, 1.82) is 0 Å². The van der Waals surface area contributed by atoms with E-state index >= 15 is 0 Å². The van der Waals surface area contributed by atoms with Gasteiger partial charge in [-0.3, -0.25) is 9.78 Å². The standard InChI is InChI=1S/C21H24N4O/c1-21(2,3)16-10-8-15(9-11-16)18(19-23-13-14-25(19)4)24-20(26)17-7-5-6-12-22-17/h5-14,18H,1-4H3,(H,24,26). The van der Waals surface area contributed by atoms with Crippen molar-refractivity contribution in [3.8, 4) is 0 Å². The van der Waals surface area contributed by atoms with E-state index in [-0.39, 0.29) is 17.4 Å². The van der Waals surface area contributed by atoms with E-state index in [1.165, 1.54) is 5.56 Å². The van der Waals surface area contributed by atoms with E-state index in [0.717, 1.165) is 11.4 Å². The average Bonchev–Trinajstić information content (AvgIpc) is 3.05. The molecule has 3 aromatic rings. The van der Waals surface area contributed by atoms with E-state index in [2.05, 4.69) is 60.3 Å². The quantitative estimate of drug-likeness (QED) is 0.783. The Morgan fingerprint density at radius 2 is 1.77 bits per heavy atom. The molecule has 1 amide bonds. The number of aromatic nitrogens is 3. The lowest BCUT2D eigenvalue weighted by Gasteiger charge is -2.22. The zero-order chi connectivity index (χ0) is 18.7. The number of hydrogen-bond acceptors (Lipinski definition) is 3. The zero-order valence-corrected chi connectivity index (χ0v) is 15.6. The van der Waals surface area contributed by atoms with Crippen LogP contribution in [0, 0.1) is 0 Å². The fraction of sp³-hybridized carbons (Fsp3) is 0.286. The Labute approximate surface area is 154 Å². The van der Waals surface area contributed by atoms with Crippen LogP contribution in [0.4, 0.5) is 0 Å². The molecule has 3 rings (SSSR count). The van der Waals surface area contributed by atoms with Gasteiger partial charge in [-0.2, -0.15) is 0 Å². The van der Waals surface area contributed by atoms with Gasteiger partial charge in [-0.25, -0.2) is 4.98 Å². The Morgan fingerprint density at radius 1 is 1.04 bits per heavy atom. The first-order valence-corrected chi connectivity index (χ1v) is 8.66. The maximum atomic E-state index is 12.7. The van der Waals surface area contributed by atoms with Crippen molar-refractivity contribution in [2.45, 2.75) is 32.2 Å². The highest BCUT2D eigenvalue weighted by atomic mass is 16.1. The second-order valence-corrected chi connectivity index (χ2v) is 7.39. The minimum Gasteiger partial charge on any atom is -0.337 e. The number of carbonyl (C=O) groups is 1. The summed E-state index contributed by atoms with van der Waals surface area (Å²) in [5.41, 5.74) is 2.69. The second kappa shape index (κ2) is 7.12. The van der Waals surface area contributed by atoms with Crippen LogP contribution in [-0.4, -0.2) is 20.4 Å². The molecule has 0 bridgehead atoms. The number of pyridine rings is 1. The summed E-state index contributed by atoms with van der Waals surface area (Å²) in [5, 5.41) is 3.07.